The van der Waals surface area contributed by atoms with Gasteiger partial charge >= 0.3 is 0 Å². The standard InChI is InChI=1S/C12H17BrN2O3S2/c1-2-20(17,18)14-9-3-6-15(7-4-9)12(16)11-10(13)5-8-19-11/h5,8-9,14H,2-4,6-7H2,1H3. The molecule has 0 radical (unpaired) electrons. The van der Waals surface area contributed by atoms with E-state index in [-0.39, 0.29) is 17.7 Å². The highest BCUT2D eigenvalue weighted by Crippen LogP contribution is 2.25. The maximum atomic E-state index is 12.3. The van der Waals surface area contributed by atoms with E-state index in [4.69, 9.17) is 0 Å². The van der Waals surface area contributed by atoms with Crippen molar-refractivity contribution in [3.8, 4) is 0 Å². The Balaban J connectivity index is 1.92. The number of thiophene rings is 1. The van der Waals surface area contributed by atoms with Crippen molar-refractivity contribution in [2.45, 2.75) is 25.8 Å². The SMILES string of the molecule is CCS(=O)(=O)NC1CCN(C(=O)c2sccc2Br)CC1. The Morgan fingerprint density at radius 3 is 2.65 bits per heavy atom. The molecule has 8 heteroatoms. The molecule has 2 rings (SSSR count). The summed E-state index contributed by atoms with van der Waals surface area (Å²) in [5.41, 5.74) is 0. The predicted molar refractivity (Wildman–Crippen MR) is 83.5 cm³/mol. The van der Waals surface area contributed by atoms with Crippen molar-refractivity contribution in [1.82, 2.24) is 9.62 Å². The summed E-state index contributed by atoms with van der Waals surface area (Å²) in [5, 5.41) is 1.87. The average Bonchev–Trinajstić information content (AvgIpc) is 2.85. The van der Waals surface area contributed by atoms with E-state index in [1.54, 1.807) is 11.8 Å². The fourth-order valence-corrected chi connectivity index (χ4v) is 4.55. The van der Waals surface area contributed by atoms with Crippen molar-refractivity contribution in [2.75, 3.05) is 18.8 Å². The second kappa shape index (κ2) is 6.55. The number of piperidine rings is 1. The largest absolute Gasteiger partial charge is 0.338 e. The van der Waals surface area contributed by atoms with Gasteiger partial charge in [0.1, 0.15) is 4.88 Å². The number of nitrogens with zero attached hydrogens (tertiary/aromatic N) is 1. The van der Waals surface area contributed by atoms with Gasteiger partial charge in [0.25, 0.3) is 5.91 Å². The molecule has 5 nitrogen and oxygen atoms in total. The lowest BCUT2D eigenvalue weighted by Gasteiger charge is -2.32. The van der Waals surface area contributed by atoms with Gasteiger partial charge in [-0.05, 0) is 47.1 Å². The average molecular weight is 381 g/mol. The summed E-state index contributed by atoms with van der Waals surface area (Å²) in [6.07, 6.45) is 1.32. The summed E-state index contributed by atoms with van der Waals surface area (Å²) in [4.78, 5) is 14.8. The zero-order valence-electron chi connectivity index (χ0n) is 11.1. The van der Waals surface area contributed by atoms with Crippen LogP contribution in [0, 0.1) is 0 Å². The molecular weight excluding hydrogens is 364 g/mol. The number of rotatable bonds is 4. The third-order valence-electron chi connectivity index (χ3n) is 3.32. The van der Waals surface area contributed by atoms with Gasteiger partial charge in [-0.3, -0.25) is 4.79 Å². The summed E-state index contributed by atoms with van der Waals surface area (Å²) in [6, 6.07) is 1.80. The topological polar surface area (TPSA) is 66.5 Å². The Labute approximate surface area is 131 Å². The zero-order valence-corrected chi connectivity index (χ0v) is 14.4. The maximum absolute atomic E-state index is 12.3. The van der Waals surface area contributed by atoms with Crippen molar-refractivity contribution < 1.29 is 13.2 Å². The van der Waals surface area contributed by atoms with E-state index in [0.29, 0.717) is 30.8 Å². The van der Waals surface area contributed by atoms with Crippen molar-refractivity contribution in [1.29, 1.82) is 0 Å². The molecule has 112 valence electrons. The zero-order chi connectivity index (χ0) is 14.8. The highest BCUT2D eigenvalue weighted by Gasteiger charge is 2.27. The molecule has 0 aliphatic carbocycles. The Hall–Kier alpha value is -0.440. The van der Waals surface area contributed by atoms with Gasteiger partial charge in [0, 0.05) is 23.6 Å². The van der Waals surface area contributed by atoms with Crippen molar-refractivity contribution in [3.05, 3.63) is 20.8 Å². The minimum absolute atomic E-state index is 0.0173. The molecule has 1 amide bonds. The first-order chi connectivity index (χ1) is 9.43. The van der Waals surface area contributed by atoms with Gasteiger partial charge in [0.15, 0.2) is 0 Å². The molecule has 2 heterocycles. The monoisotopic (exact) mass is 380 g/mol. The second-order valence-electron chi connectivity index (χ2n) is 4.69. The van der Waals surface area contributed by atoms with Crippen LogP contribution >= 0.6 is 27.3 Å². The number of hydrogen-bond donors (Lipinski definition) is 1. The number of nitrogens with one attached hydrogen (secondary N) is 1. The lowest BCUT2D eigenvalue weighted by atomic mass is 10.1. The highest BCUT2D eigenvalue weighted by molar-refractivity contribution is 9.10. The second-order valence-corrected chi connectivity index (χ2v) is 8.50. The number of likely N-dealkylation sites (tertiary alicyclic amines) is 1. The minimum Gasteiger partial charge on any atom is -0.338 e. The van der Waals surface area contributed by atoms with Crippen LogP contribution in [-0.2, 0) is 10.0 Å². The fourth-order valence-electron chi connectivity index (χ4n) is 2.13. The molecule has 1 fully saturated rings. The van der Waals surface area contributed by atoms with Crippen LogP contribution in [0.25, 0.3) is 0 Å². The van der Waals surface area contributed by atoms with E-state index in [0.717, 1.165) is 4.47 Å². The molecule has 0 bridgehead atoms. The summed E-state index contributed by atoms with van der Waals surface area (Å²) in [5.74, 6) is 0.109. The lowest BCUT2D eigenvalue weighted by Crippen LogP contribution is -2.46. The molecule has 0 unspecified atom stereocenters. The number of hydrogen-bond acceptors (Lipinski definition) is 4. The summed E-state index contributed by atoms with van der Waals surface area (Å²) in [6.45, 7) is 2.79. The van der Waals surface area contributed by atoms with Crippen molar-refractivity contribution in [2.24, 2.45) is 0 Å². The number of carbonyl (C=O) groups excluding carboxylic acids is 1. The molecule has 1 aromatic heterocycles. The van der Waals surface area contributed by atoms with Crippen molar-refractivity contribution in [3.63, 3.8) is 0 Å². The third kappa shape index (κ3) is 3.81. The van der Waals surface area contributed by atoms with Crippen LogP contribution < -0.4 is 4.72 Å². The van der Waals surface area contributed by atoms with Crippen LogP contribution in [0.2, 0.25) is 0 Å². The van der Waals surface area contributed by atoms with E-state index in [1.807, 2.05) is 11.4 Å². The van der Waals surface area contributed by atoms with Crippen molar-refractivity contribution >= 4 is 43.2 Å². The van der Waals surface area contributed by atoms with Gasteiger partial charge in [-0.2, -0.15) is 0 Å². The third-order valence-corrected chi connectivity index (χ3v) is 6.60. The van der Waals surface area contributed by atoms with E-state index in [1.165, 1.54) is 11.3 Å². The lowest BCUT2D eigenvalue weighted by molar-refractivity contribution is 0.0715. The molecular formula is C12H17BrN2O3S2. The molecule has 0 aromatic carbocycles. The van der Waals surface area contributed by atoms with Crippen LogP contribution in [0.5, 0.6) is 0 Å². The Bertz CT molecular complexity index is 577. The minimum atomic E-state index is -3.17. The van der Waals surface area contributed by atoms with Gasteiger partial charge < -0.3 is 4.90 Å². The number of sulfonamides is 1. The predicted octanol–water partition coefficient (Wildman–Crippen LogP) is 2.05. The number of halogens is 1. The molecule has 1 aromatic rings. The fraction of sp³-hybridized carbons (Fsp3) is 0.583. The van der Waals surface area contributed by atoms with Gasteiger partial charge in [-0.1, -0.05) is 0 Å². The molecule has 0 atom stereocenters. The Kier molecular flexibility index (Phi) is 5.22. The first-order valence-electron chi connectivity index (χ1n) is 6.45. The highest BCUT2D eigenvalue weighted by atomic mass is 79.9. The first kappa shape index (κ1) is 15.9. The molecule has 1 aliphatic heterocycles. The van der Waals surface area contributed by atoms with E-state index < -0.39 is 10.0 Å². The number of amides is 1. The Morgan fingerprint density at radius 1 is 1.50 bits per heavy atom. The summed E-state index contributed by atoms with van der Waals surface area (Å²) >= 11 is 4.78. The number of carbonyl (C=O) groups is 1. The van der Waals surface area contributed by atoms with Crippen LogP contribution in [0.15, 0.2) is 15.9 Å². The van der Waals surface area contributed by atoms with Gasteiger partial charge in [-0.15, -0.1) is 11.3 Å². The molecule has 20 heavy (non-hydrogen) atoms. The molecule has 1 N–H and O–H groups in total. The van der Waals surface area contributed by atoms with Gasteiger partial charge in [-0.25, -0.2) is 13.1 Å². The van der Waals surface area contributed by atoms with Gasteiger partial charge in [0.2, 0.25) is 10.0 Å². The van der Waals surface area contributed by atoms with Crippen LogP contribution in [0.1, 0.15) is 29.4 Å². The smallest absolute Gasteiger partial charge is 0.265 e. The van der Waals surface area contributed by atoms with Crippen LogP contribution in [-0.4, -0.2) is 44.1 Å². The maximum Gasteiger partial charge on any atom is 0.265 e. The molecule has 0 spiro atoms. The Morgan fingerprint density at radius 2 is 2.15 bits per heavy atom. The van der Waals surface area contributed by atoms with Gasteiger partial charge in [0.05, 0.1) is 5.75 Å². The molecule has 0 saturated carbocycles. The normalized spacial score (nSPS) is 17.4. The van der Waals surface area contributed by atoms with Crippen LogP contribution in [0.4, 0.5) is 0 Å². The van der Waals surface area contributed by atoms with E-state index in [2.05, 4.69) is 20.7 Å². The summed E-state index contributed by atoms with van der Waals surface area (Å²) < 4.78 is 26.5. The molecule has 1 saturated heterocycles. The van der Waals surface area contributed by atoms with E-state index >= 15 is 0 Å². The first-order valence-corrected chi connectivity index (χ1v) is 9.77. The van der Waals surface area contributed by atoms with E-state index in [9.17, 15) is 13.2 Å². The molecule has 1 aliphatic rings. The van der Waals surface area contributed by atoms with Crippen LogP contribution in [0.3, 0.4) is 0 Å². The quantitative estimate of drug-likeness (QED) is 0.868. The summed E-state index contributed by atoms with van der Waals surface area (Å²) in [7, 11) is -3.17.